The van der Waals surface area contributed by atoms with Gasteiger partial charge in [-0.1, -0.05) is 30.3 Å². The van der Waals surface area contributed by atoms with Gasteiger partial charge in [-0.15, -0.1) is 0 Å². The highest BCUT2D eigenvalue weighted by Crippen LogP contribution is 2.29. The van der Waals surface area contributed by atoms with Crippen LogP contribution in [-0.2, 0) is 20.9 Å². The summed E-state index contributed by atoms with van der Waals surface area (Å²) in [4.78, 5) is 23.8. The molecule has 0 spiro atoms. The Balaban J connectivity index is 1.36. The van der Waals surface area contributed by atoms with Gasteiger partial charge in [-0.05, 0) is 48.6 Å². The van der Waals surface area contributed by atoms with Gasteiger partial charge in [-0.2, -0.15) is 0 Å². The van der Waals surface area contributed by atoms with Crippen LogP contribution in [0.1, 0.15) is 18.4 Å². The highest BCUT2D eigenvalue weighted by molar-refractivity contribution is 5.94. The summed E-state index contributed by atoms with van der Waals surface area (Å²) >= 11 is 0. The maximum Gasteiger partial charge on any atom is 0.258 e. The van der Waals surface area contributed by atoms with Gasteiger partial charge in [0.05, 0.1) is 13.2 Å². The second-order valence-corrected chi connectivity index (χ2v) is 6.59. The molecule has 6 nitrogen and oxygen atoms in total. The van der Waals surface area contributed by atoms with Crippen molar-refractivity contribution in [3.8, 4) is 5.75 Å². The second kappa shape index (κ2) is 9.73. The van der Waals surface area contributed by atoms with Crippen molar-refractivity contribution in [2.24, 2.45) is 5.92 Å². The third-order valence-corrected chi connectivity index (χ3v) is 4.09. The summed E-state index contributed by atoms with van der Waals surface area (Å²) in [5, 5.41) is 5.31. The fourth-order valence-corrected chi connectivity index (χ4v) is 2.47. The summed E-state index contributed by atoms with van der Waals surface area (Å²) in [6.07, 6.45) is 2.52. The lowest BCUT2D eigenvalue weighted by Crippen LogP contribution is -2.35. The summed E-state index contributed by atoms with van der Waals surface area (Å²) in [6.45, 7) is 1.09. The molecule has 0 unspecified atom stereocenters. The average molecular weight is 368 g/mol. The lowest BCUT2D eigenvalue weighted by atomic mass is 10.2. The molecule has 3 rings (SSSR count). The lowest BCUT2D eigenvalue weighted by molar-refractivity contribution is -0.125. The van der Waals surface area contributed by atoms with Crippen molar-refractivity contribution >= 4 is 17.5 Å². The van der Waals surface area contributed by atoms with E-state index < -0.39 is 0 Å². The minimum absolute atomic E-state index is 0.112. The van der Waals surface area contributed by atoms with Crippen LogP contribution >= 0.6 is 0 Å². The number of para-hydroxylation sites is 1. The Hall–Kier alpha value is -2.86. The molecule has 0 aromatic heterocycles. The molecular formula is C21H24N2O4. The first kappa shape index (κ1) is 18.9. The summed E-state index contributed by atoms with van der Waals surface area (Å²) < 4.78 is 11.0. The van der Waals surface area contributed by atoms with Gasteiger partial charge in [0.1, 0.15) is 5.75 Å². The van der Waals surface area contributed by atoms with E-state index in [1.165, 1.54) is 12.8 Å². The molecule has 142 valence electrons. The zero-order valence-electron chi connectivity index (χ0n) is 15.1. The smallest absolute Gasteiger partial charge is 0.258 e. The van der Waals surface area contributed by atoms with Crippen molar-refractivity contribution in [1.29, 1.82) is 0 Å². The van der Waals surface area contributed by atoms with Crippen molar-refractivity contribution in [1.82, 2.24) is 5.32 Å². The van der Waals surface area contributed by atoms with E-state index in [4.69, 9.17) is 9.47 Å². The number of benzene rings is 2. The van der Waals surface area contributed by atoms with Crippen LogP contribution in [0.5, 0.6) is 5.75 Å². The van der Waals surface area contributed by atoms with Crippen molar-refractivity contribution in [3.63, 3.8) is 0 Å². The first-order valence-corrected chi connectivity index (χ1v) is 9.10. The monoisotopic (exact) mass is 368 g/mol. The van der Waals surface area contributed by atoms with E-state index in [0.717, 1.165) is 18.1 Å². The largest absolute Gasteiger partial charge is 0.484 e. The molecule has 2 aromatic carbocycles. The number of rotatable bonds is 10. The molecule has 0 saturated heterocycles. The van der Waals surface area contributed by atoms with Crippen LogP contribution in [0, 0.1) is 5.92 Å². The number of nitrogens with one attached hydrogen (secondary N) is 2. The fraction of sp³-hybridized carbons (Fsp3) is 0.333. The molecule has 0 bridgehead atoms. The fourth-order valence-electron chi connectivity index (χ4n) is 2.47. The molecule has 1 saturated carbocycles. The standard InChI is InChI=1S/C21H24N2O4/c24-20(12-22-21(25)15-27-19-7-2-1-3-8-19)23-18-6-4-5-17(11-18)14-26-13-16-9-10-16/h1-8,11,16H,9-10,12-15H2,(H,22,25)(H,23,24). The van der Waals surface area contributed by atoms with Crippen molar-refractivity contribution < 1.29 is 19.1 Å². The van der Waals surface area contributed by atoms with Crippen LogP contribution < -0.4 is 15.4 Å². The predicted octanol–water partition coefficient (Wildman–Crippen LogP) is 2.75. The molecule has 1 aliphatic rings. The van der Waals surface area contributed by atoms with Crippen LogP contribution in [0.3, 0.4) is 0 Å². The number of anilines is 1. The van der Waals surface area contributed by atoms with Gasteiger partial charge in [0.2, 0.25) is 5.91 Å². The SMILES string of the molecule is O=C(COc1ccccc1)NCC(=O)Nc1cccc(COCC2CC2)c1. The molecule has 2 aromatic rings. The lowest BCUT2D eigenvalue weighted by Gasteiger charge is -2.09. The molecule has 2 amide bonds. The predicted molar refractivity (Wildman–Crippen MR) is 102 cm³/mol. The average Bonchev–Trinajstić information content (AvgIpc) is 3.50. The third-order valence-electron chi connectivity index (χ3n) is 4.09. The third kappa shape index (κ3) is 7.11. The van der Waals surface area contributed by atoms with Gasteiger partial charge in [0, 0.05) is 12.3 Å². The number of amides is 2. The normalized spacial score (nSPS) is 13.0. The summed E-state index contributed by atoms with van der Waals surface area (Å²) in [5.41, 5.74) is 1.69. The molecule has 0 radical (unpaired) electrons. The first-order valence-electron chi connectivity index (χ1n) is 9.10. The van der Waals surface area contributed by atoms with Crippen LogP contribution in [0.2, 0.25) is 0 Å². The summed E-state index contributed by atoms with van der Waals surface area (Å²) in [6, 6.07) is 16.6. The highest BCUT2D eigenvalue weighted by Gasteiger charge is 2.21. The molecule has 27 heavy (non-hydrogen) atoms. The van der Waals surface area contributed by atoms with Gasteiger partial charge < -0.3 is 20.1 Å². The maximum absolute atomic E-state index is 12.0. The zero-order valence-corrected chi connectivity index (χ0v) is 15.1. The van der Waals surface area contributed by atoms with E-state index in [1.807, 2.05) is 42.5 Å². The Bertz CT molecular complexity index is 760. The molecule has 1 aliphatic carbocycles. The van der Waals surface area contributed by atoms with Gasteiger partial charge in [-0.25, -0.2) is 0 Å². The van der Waals surface area contributed by atoms with E-state index in [0.29, 0.717) is 18.0 Å². The quantitative estimate of drug-likeness (QED) is 0.676. The van der Waals surface area contributed by atoms with Gasteiger partial charge in [0.25, 0.3) is 5.91 Å². The second-order valence-electron chi connectivity index (χ2n) is 6.59. The van der Waals surface area contributed by atoms with Crippen molar-refractivity contribution in [2.75, 3.05) is 25.1 Å². The number of hydrogen-bond donors (Lipinski definition) is 2. The number of ether oxygens (including phenoxy) is 2. The van der Waals surface area contributed by atoms with E-state index in [1.54, 1.807) is 12.1 Å². The summed E-state index contributed by atoms with van der Waals surface area (Å²) in [5.74, 6) is 0.690. The molecular weight excluding hydrogens is 344 g/mol. The minimum Gasteiger partial charge on any atom is -0.484 e. The van der Waals surface area contributed by atoms with E-state index in [-0.39, 0.29) is 25.0 Å². The Labute approximate surface area is 158 Å². The maximum atomic E-state index is 12.0. The van der Waals surface area contributed by atoms with E-state index in [2.05, 4.69) is 10.6 Å². The van der Waals surface area contributed by atoms with Gasteiger partial charge in [0.15, 0.2) is 6.61 Å². The Morgan fingerprint density at radius 3 is 2.59 bits per heavy atom. The highest BCUT2D eigenvalue weighted by atomic mass is 16.5. The Morgan fingerprint density at radius 1 is 1.00 bits per heavy atom. The molecule has 2 N–H and O–H groups in total. The van der Waals surface area contributed by atoms with Crippen LogP contribution in [-0.4, -0.2) is 31.6 Å². The summed E-state index contributed by atoms with van der Waals surface area (Å²) in [7, 11) is 0. The Morgan fingerprint density at radius 2 is 1.81 bits per heavy atom. The molecule has 0 aliphatic heterocycles. The Kier molecular flexibility index (Phi) is 6.82. The first-order chi connectivity index (χ1) is 13.2. The van der Waals surface area contributed by atoms with Crippen LogP contribution in [0.4, 0.5) is 5.69 Å². The molecule has 1 fully saturated rings. The zero-order chi connectivity index (χ0) is 18.9. The minimum atomic E-state index is -0.351. The van der Waals surface area contributed by atoms with Crippen molar-refractivity contribution in [2.45, 2.75) is 19.4 Å². The van der Waals surface area contributed by atoms with Crippen LogP contribution in [0.15, 0.2) is 54.6 Å². The number of hydrogen-bond acceptors (Lipinski definition) is 4. The van der Waals surface area contributed by atoms with E-state index >= 15 is 0 Å². The molecule has 0 atom stereocenters. The number of carbonyl (C=O) groups excluding carboxylic acids is 2. The van der Waals surface area contributed by atoms with Crippen molar-refractivity contribution in [3.05, 3.63) is 60.2 Å². The van der Waals surface area contributed by atoms with Gasteiger partial charge in [-0.3, -0.25) is 9.59 Å². The van der Waals surface area contributed by atoms with E-state index in [9.17, 15) is 9.59 Å². The topological polar surface area (TPSA) is 76.7 Å². The molecule has 0 heterocycles. The van der Waals surface area contributed by atoms with Gasteiger partial charge >= 0.3 is 0 Å². The van der Waals surface area contributed by atoms with Crippen LogP contribution in [0.25, 0.3) is 0 Å². The number of carbonyl (C=O) groups is 2. The molecule has 6 heteroatoms.